The molecule has 0 radical (unpaired) electrons. The van der Waals surface area contributed by atoms with Gasteiger partial charge >= 0.3 is 0 Å². The summed E-state index contributed by atoms with van der Waals surface area (Å²) in [5.74, 6) is -10.1. The van der Waals surface area contributed by atoms with Crippen LogP contribution in [-0.2, 0) is 13.2 Å². The summed E-state index contributed by atoms with van der Waals surface area (Å²) < 4.78 is 75.6. The second-order valence-corrected chi connectivity index (χ2v) is 8.59. The average Bonchev–Trinajstić information content (AvgIpc) is 3.15. The standard InChI is InChI=1S/C26H19ClF5N3O2/c1-13-25(14(2)35(34-13)11-19-20(28)22(30)24(32)23(31)21(19)29)33-26(36)16-6-3-5-15(9-16)12-37-18-8-4-7-17(27)10-18/h3-10H,11-12H2,1-2H3,(H,33,36). The summed E-state index contributed by atoms with van der Waals surface area (Å²) in [5.41, 5.74) is 0.772. The predicted octanol–water partition coefficient (Wildman–Crippen LogP) is 6.73. The lowest BCUT2D eigenvalue weighted by Gasteiger charge is -2.11. The van der Waals surface area contributed by atoms with Crippen molar-refractivity contribution in [2.24, 2.45) is 0 Å². The number of rotatable bonds is 7. The number of amides is 1. The summed E-state index contributed by atoms with van der Waals surface area (Å²) in [4.78, 5) is 12.9. The van der Waals surface area contributed by atoms with Crippen LogP contribution in [0.25, 0.3) is 0 Å². The number of benzene rings is 3. The van der Waals surface area contributed by atoms with Gasteiger partial charge in [-0.05, 0) is 49.7 Å². The maximum Gasteiger partial charge on any atom is 0.255 e. The fourth-order valence-corrected chi connectivity index (χ4v) is 3.86. The molecule has 0 saturated carbocycles. The van der Waals surface area contributed by atoms with Gasteiger partial charge in [-0.2, -0.15) is 5.10 Å². The molecule has 0 atom stereocenters. The maximum absolute atomic E-state index is 14.1. The normalized spacial score (nSPS) is 11.0. The summed E-state index contributed by atoms with van der Waals surface area (Å²) in [6, 6.07) is 13.5. The Morgan fingerprint density at radius 2 is 1.59 bits per heavy atom. The van der Waals surface area contributed by atoms with E-state index >= 15 is 0 Å². The minimum Gasteiger partial charge on any atom is -0.489 e. The van der Waals surface area contributed by atoms with E-state index in [1.54, 1.807) is 48.5 Å². The van der Waals surface area contributed by atoms with Crippen LogP contribution in [-0.4, -0.2) is 15.7 Å². The van der Waals surface area contributed by atoms with Crippen molar-refractivity contribution in [1.29, 1.82) is 0 Å². The summed E-state index contributed by atoms with van der Waals surface area (Å²) in [6.45, 7) is 2.48. The molecule has 37 heavy (non-hydrogen) atoms. The molecule has 1 heterocycles. The van der Waals surface area contributed by atoms with Gasteiger partial charge in [0.2, 0.25) is 5.82 Å². The highest BCUT2D eigenvalue weighted by atomic mass is 35.5. The molecule has 0 aliphatic carbocycles. The SMILES string of the molecule is Cc1nn(Cc2c(F)c(F)c(F)c(F)c2F)c(C)c1NC(=O)c1cccc(COc2cccc(Cl)c2)c1. The zero-order valence-corrected chi connectivity index (χ0v) is 20.3. The van der Waals surface area contributed by atoms with Gasteiger partial charge in [0.25, 0.3) is 5.91 Å². The molecule has 5 nitrogen and oxygen atoms in total. The zero-order chi connectivity index (χ0) is 26.9. The Labute approximate surface area is 213 Å². The van der Waals surface area contributed by atoms with Gasteiger partial charge in [-0.15, -0.1) is 0 Å². The van der Waals surface area contributed by atoms with Gasteiger partial charge in [-0.3, -0.25) is 9.48 Å². The lowest BCUT2D eigenvalue weighted by molar-refractivity contribution is 0.102. The van der Waals surface area contributed by atoms with Crippen LogP contribution in [0.4, 0.5) is 27.6 Å². The molecule has 0 unspecified atom stereocenters. The molecule has 0 bridgehead atoms. The third-order valence-electron chi connectivity index (χ3n) is 5.62. The zero-order valence-electron chi connectivity index (χ0n) is 19.5. The van der Waals surface area contributed by atoms with Gasteiger partial charge in [-0.1, -0.05) is 29.8 Å². The van der Waals surface area contributed by atoms with E-state index in [0.29, 0.717) is 21.9 Å². The van der Waals surface area contributed by atoms with E-state index in [-0.39, 0.29) is 23.7 Å². The quantitative estimate of drug-likeness (QED) is 0.162. The Hall–Kier alpha value is -3.92. The number of hydrogen-bond acceptors (Lipinski definition) is 3. The molecule has 0 fully saturated rings. The number of carbonyl (C=O) groups excluding carboxylic acids is 1. The van der Waals surface area contributed by atoms with Gasteiger partial charge in [0.05, 0.1) is 29.2 Å². The lowest BCUT2D eigenvalue weighted by atomic mass is 10.1. The Balaban J connectivity index is 1.52. The predicted molar refractivity (Wildman–Crippen MR) is 127 cm³/mol. The van der Waals surface area contributed by atoms with Crippen molar-refractivity contribution in [3.63, 3.8) is 0 Å². The third-order valence-corrected chi connectivity index (χ3v) is 5.85. The largest absolute Gasteiger partial charge is 0.489 e. The number of hydrogen-bond donors (Lipinski definition) is 1. The topological polar surface area (TPSA) is 56.2 Å². The van der Waals surface area contributed by atoms with Crippen LogP contribution in [0, 0.1) is 42.9 Å². The number of nitrogens with one attached hydrogen (secondary N) is 1. The monoisotopic (exact) mass is 535 g/mol. The van der Waals surface area contributed by atoms with E-state index in [9.17, 15) is 26.7 Å². The van der Waals surface area contributed by atoms with E-state index in [4.69, 9.17) is 16.3 Å². The second-order valence-electron chi connectivity index (χ2n) is 8.15. The van der Waals surface area contributed by atoms with Crippen molar-refractivity contribution in [2.75, 3.05) is 5.32 Å². The first-order chi connectivity index (χ1) is 17.6. The van der Waals surface area contributed by atoms with E-state index in [0.717, 1.165) is 4.68 Å². The van der Waals surface area contributed by atoms with Crippen LogP contribution in [0.5, 0.6) is 5.75 Å². The molecule has 192 valence electrons. The van der Waals surface area contributed by atoms with Gasteiger partial charge in [0.15, 0.2) is 23.3 Å². The number of anilines is 1. The van der Waals surface area contributed by atoms with Gasteiger partial charge in [-0.25, -0.2) is 22.0 Å². The number of ether oxygens (including phenoxy) is 1. The summed E-state index contributed by atoms with van der Waals surface area (Å²) >= 11 is 5.95. The first-order valence-electron chi connectivity index (χ1n) is 10.9. The molecule has 3 aromatic carbocycles. The van der Waals surface area contributed by atoms with Crippen LogP contribution in [0.15, 0.2) is 48.5 Å². The fraction of sp³-hybridized carbons (Fsp3) is 0.154. The molecular weight excluding hydrogens is 517 g/mol. The Morgan fingerprint density at radius 3 is 2.27 bits per heavy atom. The molecule has 0 aliphatic heterocycles. The van der Waals surface area contributed by atoms with Gasteiger partial charge < -0.3 is 10.1 Å². The smallest absolute Gasteiger partial charge is 0.255 e. The van der Waals surface area contributed by atoms with Crippen LogP contribution in [0.3, 0.4) is 0 Å². The summed E-state index contributed by atoms with van der Waals surface area (Å²) in [6.07, 6.45) is 0. The number of nitrogens with zero attached hydrogens (tertiary/aromatic N) is 2. The summed E-state index contributed by atoms with van der Waals surface area (Å²) in [5, 5.41) is 7.32. The molecule has 0 aliphatic rings. The third kappa shape index (κ3) is 5.43. The molecule has 4 rings (SSSR count). The van der Waals surface area contributed by atoms with Crippen LogP contribution in [0.1, 0.15) is 32.9 Å². The molecule has 11 heteroatoms. The van der Waals surface area contributed by atoms with Crippen LogP contribution >= 0.6 is 11.6 Å². The molecular formula is C26H19ClF5N3O2. The van der Waals surface area contributed by atoms with Crippen LogP contribution < -0.4 is 10.1 Å². The first kappa shape index (κ1) is 26.2. The average molecular weight is 536 g/mol. The molecule has 1 amide bonds. The Kier molecular flexibility index (Phi) is 7.49. The summed E-state index contributed by atoms with van der Waals surface area (Å²) in [7, 11) is 0. The number of carbonyl (C=O) groups is 1. The van der Waals surface area contributed by atoms with Gasteiger partial charge in [0, 0.05) is 10.6 Å². The van der Waals surface area contributed by atoms with Crippen molar-refractivity contribution in [3.8, 4) is 5.75 Å². The van der Waals surface area contributed by atoms with E-state index in [2.05, 4.69) is 10.4 Å². The second kappa shape index (κ2) is 10.6. The number of halogens is 6. The Morgan fingerprint density at radius 1 is 0.946 bits per heavy atom. The molecule has 1 aromatic heterocycles. The van der Waals surface area contributed by atoms with E-state index in [1.807, 2.05) is 0 Å². The first-order valence-corrected chi connectivity index (χ1v) is 11.3. The van der Waals surface area contributed by atoms with Crippen molar-refractivity contribution < 1.29 is 31.5 Å². The van der Waals surface area contributed by atoms with Crippen molar-refractivity contribution >= 4 is 23.2 Å². The fourth-order valence-electron chi connectivity index (χ4n) is 3.68. The number of aromatic nitrogens is 2. The highest BCUT2D eigenvalue weighted by Crippen LogP contribution is 2.27. The van der Waals surface area contributed by atoms with E-state index < -0.39 is 47.1 Å². The molecule has 1 N–H and O–H groups in total. The lowest BCUT2D eigenvalue weighted by Crippen LogP contribution is -2.15. The Bertz CT molecular complexity index is 1480. The molecule has 4 aromatic rings. The van der Waals surface area contributed by atoms with Crippen molar-refractivity contribution in [1.82, 2.24) is 9.78 Å². The van der Waals surface area contributed by atoms with Crippen LogP contribution in [0.2, 0.25) is 5.02 Å². The van der Waals surface area contributed by atoms with Gasteiger partial charge in [0.1, 0.15) is 12.4 Å². The minimum atomic E-state index is -2.24. The van der Waals surface area contributed by atoms with E-state index in [1.165, 1.54) is 13.8 Å². The highest BCUT2D eigenvalue weighted by Gasteiger charge is 2.27. The number of aryl methyl sites for hydroxylation is 1. The molecule has 0 saturated heterocycles. The minimum absolute atomic E-state index is 0.180. The van der Waals surface area contributed by atoms with Crippen molar-refractivity contribution in [2.45, 2.75) is 27.0 Å². The highest BCUT2D eigenvalue weighted by molar-refractivity contribution is 6.30. The maximum atomic E-state index is 14.1. The molecule has 0 spiro atoms. The van der Waals surface area contributed by atoms with Crippen molar-refractivity contribution in [3.05, 3.63) is 111 Å².